The summed E-state index contributed by atoms with van der Waals surface area (Å²) >= 11 is 1.73. The first-order chi connectivity index (χ1) is 9.71. The molecular formula is C15H21N3OS. The minimum Gasteiger partial charge on any atom is -0.388 e. The van der Waals surface area contributed by atoms with Crippen LogP contribution in [0, 0.1) is 5.92 Å². The molecule has 0 saturated heterocycles. The molecule has 1 aliphatic carbocycles. The molecule has 4 nitrogen and oxygen atoms in total. The number of nitrogens with zero attached hydrogens (tertiary/aromatic N) is 1. The lowest BCUT2D eigenvalue weighted by Gasteiger charge is -2.28. The maximum absolute atomic E-state index is 10.4. The van der Waals surface area contributed by atoms with E-state index < -0.39 is 5.60 Å². The van der Waals surface area contributed by atoms with Crippen molar-refractivity contribution in [1.82, 2.24) is 9.97 Å². The van der Waals surface area contributed by atoms with E-state index in [0.717, 1.165) is 47.6 Å². The zero-order chi connectivity index (χ0) is 14.0. The normalized spacial score (nSPS) is 26.4. The van der Waals surface area contributed by atoms with Crippen LogP contribution in [-0.4, -0.2) is 33.0 Å². The number of hydrogen-bond donors (Lipinski definition) is 3. The molecule has 1 fully saturated rings. The second kappa shape index (κ2) is 5.76. The summed E-state index contributed by atoms with van der Waals surface area (Å²) in [5, 5.41) is 11.4. The number of benzene rings is 1. The number of imidazole rings is 1. The highest BCUT2D eigenvalue weighted by Gasteiger charge is 2.39. The van der Waals surface area contributed by atoms with Gasteiger partial charge >= 0.3 is 0 Å². The van der Waals surface area contributed by atoms with Gasteiger partial charge in [-0.1, -0.05) is 30.3 Å². The van der Waals surface area contributed by atoms with Gasteiger partial charge in [0.25, 0.3) is 0 Å². The summed E-state index contributed by atoms with van der Waals surface area (Å²) in [4.78, 5) is 7.87. The Labute approximate surface area is 123 Å². The molecule has 1 aromatic heterocycles. The van der Waals surface area contributed by atoms with Gasteiger partial charge in [0.15, 0.2) is 5.16 Å². The maximum atomic E-state index is 10.4. The second-order valence-corrected chi connectivity index (χ2v) is 6.68. The van der Waals surface area contributed by atoms with Gasteiger partial charge in [-0.2, -0.15) is 0 Å². The lowest BCUT2D eigenvalue weighted by molar-refractivity contribution is 0.0103. The number of aromatic nitrogens is 2. The van der Waals surface area contributed by atoms with Crippen LogP contribution in [0.15, 0.2) is 29.4 Å². The summed E-state index contributed by atoms with van der Waals surface area (Å²) in [5.74, 6) is 1.30. The number of aliphatic hydroxyl groups is 1. The average Bonchev–Trinajstić information content (AvgIpc) is 3.03. The number of aromatic amines is 1. The molecule has 0 amide bonds. The fraction of sp³-hybridized carbons (Fsp3) is 0.533. The zero-order valence-corrected chi connectivity index (χ0v) is 12.3. The van der Waals surface area contributed by atoms with Crippen LogP contribution in [0.25, 0.3) is 11.0 Å². The largest absolute Gasteiger partial charge is 0.388 e. The SMILES string of the molecule is NCC1(O)CCCC1CCSc1nc2ccccc2[nH]1. The van der Waals surface area contributed by atoms with Crippen LogP contribution < -0.4 is 5.73 Å². The van der Waals surface area contributed by atoms with Crippen molar-refractivity contribution in [3.05, 3.63) is 24.3 Å². The van der Waals surface area contributed by atoms with Crippen LogP contribution in [0.1, 0.15) is 25.7 Å². The number of para-hydroxylation sites is 2. The van der Waals surface area contributed by atoms with Crippen molar-refractivity contribution >= 4 is 22.8 Å². The molecule has 1 heterocycles. The molecule has 0 radical (unpaired) electrons. The third-order valence-corrected chi connectivity index (χ3v) is 5.26. The Bertz CT molecular complexity index is 552. The summed E-state index contributed by atoms with van der Waals surface area (Å²) in [6.45, 7) is 0.382. The quantitative estimate of drug-likeness (QED) is 0.740. The summed E-state index contributed by atoms with van der Waals surface area (Å²) < 4.78 is 0. The van der Waals surface area contributed by atoms with Crippen molar-refractivity contribution in [2.24, 2.45) is 11.7 Å². The number of fused-ring (bicyclic) bond motifs is 1. The second-order valence-electron chi connectivity index (χ2n) is 5.59. The molecular weight excluding hydrogens is 270 g/mol. The van der Waals surface area contributed by atoms with Crippen LogP contribution in [0.4, 0.5) is 0 Å². The van der Waals surface area contributed by atoms with Gasteiger partial charge in [-0.25, -0.2) is 4.98 Å². The van der Waals surface area contributed by atoms with E-state index >= 15 is 0 Å². The Kier molecular flexibility index (Phi) is 4.01. The average molecular weight is 291 g/mol. The van der Waals surface area contributed by atoms with Gasteiger partial charge < -0.3 is 15.8 Å². The van der Waals surface area contributed by atoms with E-state index in [1.165, 1.54) is 0 Å². The van der Waals surface area contributed by atoms with Crippen molar-refractivity contribution in [2.45, 2.75) is 36.4 Å². The fourth-order valence-corrected chi connectivity index (χ4v) is 4.05. The van der Waals surface area contributed by atoms with Crippen molar-refractivity contribution < 1.29 is 5.11 Å². The third-order valence-electron chi connectivity index (χ3n) is 4.35. The Balaban J connectivity index is 1.57. The molecule has 0 spiro atoms. The van der Waals surface area contributed by atoms with Gasteiger partial charge in [0.1, 0.15) is 0 Å². The molecule has 2 aromatic rings. The van der Waals surface area contributed by atoms with Crippen LogP contribution in [-0.2, 0) is 0 Å². The van der Waals surface area contributed by atoms with Crippen molar-refractivity contribution in [3.63, 3.8) is 0 Å². The molecule has 0 aliphatic heterocycles. The van der Waals surface area contributed by atoms with Crippen LogP contribution >= 0.6 is 11.8 Å². The highest BCUT2D eigenvalue weighted by Crippen LogP contribution is 2.38. The van der Waals surface area contributed by atoms with E-state index in [1.54, 1.807) is 11.8 Å². The summed E-state index contributed by atoms with van der Waals surface area (Å²) in [6, 6.07) is 8.06. The van der Waals surface area contributed by atoms with E-state index in [4.69, 9.17) is 5.73 Å². The van der Waals surface area contributed by atoms with Crippen LogP contribution in [0.2, 0.25) is 0 Å². The first-order valence-electron chi connectivity index (χ1n) is 7.21. The number of rotatable bonds is 5. The molecule has 2 unspecified atom stereocenters. The van der Waals surface area contributed by atoms with Crippen LogP contribution in [0.5, 0.6) is 0 Å². The number of H-pyrrole nitrogens is 1. The minimum absolute atomic E-state index is 0.337. The van der Waals surface area contributed by atoms with E-state index in [9.17, 15) is 5.11 Å². The van der Waals surface area contributed by atoms with Gasteiger partial charge in [-0.15, -0.1) is 0 Å². The van der Waals surface area contributed by atoms with Crippen molar-refractivity contribution in [1.29, 1.82) is 0 Å². The molecule has 3 rings (SSSR count). The number of hydrogen-bond acceptors (Lipinski definition) is 4. The molecule has 1 aliphatic rings. The van der Waals surface area contributed by atoms with E-state index in [2.05, 4.69) is 9.97 Å². The molecule has 0 bridgehead atoms. The summed E-state index contributed by atoms with van der Waals surface area (Å²) in [7, 11) is 0. The summed E-state index contributed by atoms with van der Waals surface area (Å²) in [5.41, 5.74) is 7.17. The Morgan fingerprint density at radius 1 is 1.45 bits per heavy atom. The molecule has 108 valence electrons. The molecule has 1 aromatic carbocycles. The monoisotopic (exact) mass is 291 g/mol. The molecule has 5 heteroatoms. The maximum Gasteiger partial charge on any atom is 0.166 e. The highest BCUT2D eigenvalue weighted by atomic mass is 32.2. The van der Waals surface area contributed by atoms with E-state index in [0.29, 0.717) is 12.5 Å². The predicted molar refractivity (Wildman–Crippen MR) is 82.8 cm³/mol. The Hall–Kier alpha value is -1.04. The first-order valence-corrected chi connectivity index (χ1v) is 8.20. The van der Waals surface area contributed by atoms with Gasteiger partial charge in [0.2, 0.25) is 0 Å². The highest BCUT2D eigenvalue weighted by molar-refractivity contribution is 7.99. The third kappa shape index (κ3) is 2.71. The predicted octanol–water partition coefficient (Wildman–Crippen LogP) is 2.54. The Morgan fingerprint density at radius 3 is 3.10 bits per heavy atom. The van der Waals surface area contributed by atoms with Crippen LogP contribution in [0.3, 0.4) is 0 Å². The standard InChI is InChI=1S/C15H21N3OS/c16-10-15(19)8-3-4-11(15)7-9-20-14-17-12-5-1-2-6-13(12)18-14/h1-2,5-6,11,19H,3-4,7-10,16H2,(H,17,18). The van der Waals surface area contributed by atoms with Gasteiger partial charge in [-0.3, -0.25) is 0 Å². The Morgan fingerprint density at radius 2 is 2.30 bits per heavy atom. The van der Waals surface area contributed by atoms with Gasteiger partial charge in [-0.05, 0) is 37.3 Å². The summed E-state index contributed by atoms with van der Waals surface area (Å²) in [6.07, 6.45) is 4.03. The van der Waals surface area contributed by atoms with Gasteiger partial charge in [0, 0.05) is 12.3 Å². The van der Waals surface area contributed by atoms with Gasteiger partial charge in [0.05, 0.1) is 16.6 Å². The minimum atomic E-state index is -0.631. The topological polar surface area (TPSA) is 74.9 Å². The van der Waals surface area contributed by atoms with Crippen molar-refractivity contribution in [2.75, 3.05) is 12.3 Å². The number of nitrogens with one attached hydrogen (secondary N) is 1. The number of nitrogens with two attached hydrogens (primary N) is 1. The molecule has 4 N–H and O–H groups in total. The number of thioether (sulfide) groups is 1. The van der Waals surface area contributed by atoms with E-state index in [1.807, 2.05) is 24.3 Å². The molecule has 1 saturated carbocycles. The zero-order valence-electron chi connectivity index (χ0n) is 11.5. The smallest absolute Gasteiger partial charge is 0.166 e. The lowest BCUT2D eigenvalue weighted by Crippen LogP contribution is -2.41. The fourth-order valence-electron chi connectivity index (χ4n) is 3.10. The van der Waals surface area contributed by atoms with E-state index in [-0.39, 0.29) is 0 Å². The lowest BCUT2D eigenvalue weighted by atomic mass is 9.89. The molecule has 2 atom stereocenters. The van der Waals surface area contributed by atoms with Crippen molar-refractivity contribution in [3.8, 4) is 0 Å². The molecule has 20 heavy (non-hydrogen) atoms. The first kappa shape index (κ1) is 13.9.